The molecule has 1 aliphatic rings. The van der Waals surface area contributed by atoms with Gasteiger partial charge >= 0.3 is 0 Å². The van der Waals surface area contributed by atoms with Crippen LogP contribution in [0.25, 0.3) is 5.65 Å². The van der Waals surface area contributed by atoms with Crippen LogP contribution < -0.4 is 4.90 Å². The SMILES string of the molecule is CC[C@@H]1CN(C)c2ccccc2CN1C(=O)c1ccc2nncn2c1. The van der Waals surface area contributed by atoms with Gasteiger partial charge in [0.25, 0.3) is 5.91 Å². The van der Waals surface area contributed by atoms with Gasteiger partial charge in [-0.1, -0.05) is 25.1 Å². The Bertz CT molecular complexity index is 919. The maximum atomic E-state index is 13.3. The van der Waals surface area contributed by atoms with Crippen LogP contribution in [0, 0.1) is 0 Å². The molecule has 0 aliphatic carbocycles. The van der Waals surface area contributed by atoms with Crippen molar-refractivity contribution in [3.8, 4) is 0 Å². The lowest BCUT2D eigenvalue weighted by Gasteiger charge is -2.30. The molecule has 0 radical (unpaired) electrons. The van der Waals surface area contributed by atoms with Crippen molar-refractivity contribution >= 4 is 17.2 Å². The Hall–Kier alpha value is -2.89. The van der Waals surface area contributed by atoms with Gasteiger partial charge in [-0.05, 0) is 30.2 Å². The molecule has 0 unspecified atom stereocenters. The normalized spacial score (nSPS) is 17.4. The summed E-state index contributed by atoms with van der Waals surface area (Å²) >= 11 is 0. The first-order valence-corrected chi connectivity index (χ1v) is 8.56. The fourth-order valence-corrected chi connectivity index (χ4v) is 3.55. The number of fused-ring (bicyclic) bond motifs is 2. The molecule has 0 fully saturated rings. The molecule has 4 rings (SSSR count). The van der Waals surface area contributed by atoms with Crippen molar-refractivity contribution in [3.63, 3.8) is 0 Å². The van der Waals surface area contributed by atoms with Crippen molar-refractivity contribution in [2.45, 2.75) is 25.9 Å². The summed E-state index contributed by atoms with van der Waals surface area (Å²) in [6, 6.07) is 12.1. The molecule has 0 spiro atoms. The Labute approximate surface area is 146 Å². The Kier molecular flexibility index (Phi) is 3.87. The van der Waals surface area contributed by atoms with E-state index in [-0.39, 0.29) is 11.9 Å². The number of carbonyl (C=O) groups is 1. The zero-order chi connectivity index (χ0) is 17.4. The summed E-state index contributed by atoms with van der Waals surface area (Å²) in [5, 5.41) is 7.88. The van der Waals surface area contributed by atoms with Crippen LogP contribution in [0.2, 0.25) is 0 Å². The number of carbonyl (C=O) groups excluding carboxylic acids is 1. The van der Waals surface area contributed by atoms with Crippen LogP contribution in [0.3, 0.4) is 0 Å². The molecule has 3 aromatic rings. The summed E-state index contributed by atoms with van der Waals surface area (Å²) in [4.78, 5) is 17.5. The van der Waals surface area contributed by atoms with E-state index in [1.807, 2.05) is 35.4 Å². The Morgan fingerprint density at radius 1 is 1.24 bits per heavy atom. The lowest BCUT2D eigenvalue weighted by atomic mass is 10.1. The van der Waals surface area contributed by atoms with E-state index in [9.17, 15) is 4.79 Å². The number of aromatic nitrogens is 3. The number of pyridine rings is 1. The fourth-order valence-electron chi connectivity index (χ4n) is 3.55. The fraction of sp³-hybridized carbons (Fsp3) is 0.316. The average Bonchev–Trinajstić information content (AvgIpc) is 3.06. The molecule has 2 aromatic heterocycles. The van der Waals surface area contributed by atoms with Gasteiger partial charge in [0, 0.05) is 38.1 Å². The standard InChI is InChI=1S/C19H21N5O/c1-3-16-12-22(2)17-7-5-4-6-14(17)11-24(16)19(25)15-8-9-18-21-20-13-23(18)10-15/h4-10,13,16H,3,11-12H2,1-2H3/t16-/m1/s1. The number of amides is 1. The molecule has 6 heteroatoms. The molecule has 0 bridgehead atoms. The number of hydrogen-bond donors (Lipinski definition) is 0. The summed E-state index contributed by atoms with van der Waals surface area (Å²) < 4.78 is 1.78. The highest BCUT2D eigenvalue weighted by molar-refractivity contribution is 5.94. The lowest BCUT2D eigenvalue weighted by Crippen LogP contribution is -2.43. The maximum absolute atomic E-state index is 13.3. The second kappa shape index (κ2) is 6.20. The van der Waals surface area contributed by atoms with Crippen molar-refractivity contribution in [2.24, 2.45) is 0 Å². The van der Waals surface area contributed by atoms with Crippen LogP contribution in [-0.2, 0) is 6.54 Å². The van der Waals surface area contributed by atoms with Crippen LogP contribution >= 0.6 is 0 Å². The van der Waals surface area contributed by atoms with Crippen LogP contribution in [0.4, 0.5) is 5.69 Å². The van der Waals surface area contributed by atoms with Crippen LogP contribution in [0.15, 0.2) is 48.9 Å². The summed E-state index contributed by atoms with van der Waals surface area (Å²) in [6.07, 6.45) is 4.35. The van der Waals surface area contributed by atoms with E-state index in [1.165, 1.54) is 11.3 Å². The van der Waals surface area contributed by atoms with Crippen molar-refractivity contribution < 1.29 is 4.79 Å². The number of likely N-dealkylation sites (N-methyl/N-ethyl adjacent to an activating group) is 1. The van der Waals surface area contributed by atoms with Crippen molar-refractivity contribution in [1.29, 1.82) is 0 Å². The van der Waals surface area contributed by atoms with Gasteiger partial charge in [-0.15, -0.1) is 10.2 Å². The van der Waals surface area contributed by atoms with Crippen molar-refractivity contribution in [1.82, 2.24) is 19.5 Å². The molecule has 1 aromatic carbocycles. The monoisotopic (exact) mass is 335 g/mol. The molecule has 1 aliphatic heterocycles. The first-order valence-electron chi connectivity index (χ1n) is 8.56. The average molecular weight is 335 g/mol. The molecular weight excluding hydrogens is 314 g/mol. The van der Waals surface area contributed by atoms with Gasteiger partial charge in [0.05, 0.1) is 5.56 Å². The van der Waals surface area contributed by atoms with Gasteiger partial charge in [-0.2, -0.15) is 0 Å². The second-order valence-corrected chi connectivity index (χ2v) is 6.52. The third-order valence-corrected chi connectivity index (χ3v) is 4.94. The number of hydrogen-bond acceptors (Lipinski definition) is 4. The number of nitrogens with zero attached hydrogens (tertiary/aromatic N) is 5. The minimum Gasteiger partial charge on any atom is -0.372 e. The Morgan fingerprint density at radius 3 is 2.92 bits per heavy atom. The summed E-state index contributed by atoms with van der Waals surface area (Å²) in [7, 11) is 2.10. The van der Waals surface area contributed by atoms with Gasteiger partial charge in [0.1, 0.15) is 6.33 Å². The molecule has 25 heavy (non-hydrogen) atoms. The molecule has 0 saturated heterocycles. The number of anilines is 1. The first-order chi connectivity index (χ1) is 12.2. The molecule has 6 nitrogen and oxygen atoms in total. The number of para-hydroxylation sites is 1. The van der Waals surface area contributed by atoms with E-state index >= 15 is 0 Å². The van der Waals surface area contributed by atoms with Gasteiger partial charge in [-0.25, -0.2) is 0 Å². The van der Waals surface area contributed by atoms with Crippen LogP contribution in [0.1, 0.15) is 29.3 Å². The van der Waals surface area contributed by atoms with Crippen LogP contribution in [0.5, 0.6) is 0 Å². The smallest absolute Gasteiger partial charge is 0.255 e. The van der Waals surface area contributed by atoms with Crippen LogP contribution in [-0.4, -0.2) is 45.0 Å². The number of benzene rings is 1. The largest absolute Gasteiger partial charge is 0.372 e. The number of rotatable bonds is 2. The maximum Gasteiger partial charge on any atom is 0.255 e. The quantitative estimate of drug-likeness (QED) is 0.722. The molecule has 128 valence electrons. The molecule has 0 saturated carbocycles. The van der Waals surface area contributed by atoms with Gasteiger partial charge in [-0.3, -0.25) is 9.20 Å². The molecule has 3 heterocycles. The minimum atomic E-state index is 0.0487. The van der Waals surface area contributed by atoms with E-state index < -0.39 is 0 Å². The second-order valence-electron chi connectivity index (χ2n) is 6.52. The van der Waals surface area contributed by atoms with E-state index in [0.29, 0.717) is 12.1 Å². The Morgan fingerprint density at radius 2 is 2.08 bits per heavy atom. The minimum absolute atomic E-state index is 0.0487. The van der Waals surface area contributed by atoms with Gasteiger partial charge in [0.2, 0.25) is 0 Å². The van der Waals surface area contributed by atoms with E-state index in [4.69, 9.17) is 0 Å². The molecule has 0 N–H and O–H groups in total. The lowest BCUT2D eigenvalue weighted by molar-refractivity contribution is 0.0667. The highest BCUT2D eigenvalue weighted by atomic mass is 16.2. The molecular formula is C19H21N5O. The van der Waals surface area contributed by atoms with E-state index in [1.54, 1.807) is 10.7 Å². The highest BCUT2D eigenvalue weighted by Crippen LogP contribution is 2.28. The van der Waals surface area contributed by atoms with Gasteiger partial charge in [0.15, 0.2) is 5.65 Å². The van der Waals surface area contributed by atoms with E-state index in [0.717, 1.165) is 18.6 Å². The highest BCUT2D eigenvalue weighted by Gasteiger charge is 2.29. The third kappa shape index (κ3) is 2.73. The third-order valence-electron chi connectivity index (χ3n) is 4.94. The van der Waals surface area contributed by atoms with Crippen molar-refractivity contribution in [2.75, 3.05) is 18.5 Å². The summed E-state index contributed by atoms with van der Waals surface area (Å²) in [5.74, 6) is 0.0487. The zero-order valence-corrected chi connectivity index (χ0v) is 14.5. The summed E-state index contributed by atoms with van der Waals surface area (Å²) in [5.41, 5.74) is 3.78. The summed E-state index contributed by atoms with van der Waals surface area (Å²) in [6.45, 7) is 3.59. The van der Waals surface area contributed by atoms with Gasteiger partial charge < -0.3 is 9.80 Å². The van der Waals surface area contributed by atoms with E-state index in [2.05, 4.69) is 41.2 Å². The zero-order valence-electron chi connectivity index (χ0n) is 14.5. The predicted molar refractivity (Wildman–Crippen MR) is 96.7 cm³/mol. The predicted octanol–water partition coefficient (Wildman–Crippen LogP) is 2.60. The molecule has 1 amide bonds. The first kappa shape index (κ1) is 15.6. The van der Waals surface area contributed by atoms with Crippen molar-refractivity contribution in [3.05, 3.63) is 60.0 Å². The topological polar surface area (TPSA) is 53.7 Å². The molecule has 1 atom stereocenters. The Balaban J connectivity index is 1.72.